The number of allylic oxidation sites excluding steroid dienone is 5. The van der Waals surface area contributed by atoms with Crippen LogP contribution in [0.1, 0.15) is 24.6 Å². The van der Waals surface area contributed by atoms with E-state index in [0.29, 0.717) is 13.2 Å². The summed E-state index contributed by atoms with van der Waals surface area (Å²) in [7, 11) is 3.09. The van der Waals surface area contributed by atoms with Gasteiger partial charge < -0.3 is 16.4 Å². The van der Waals surface area contributed by atoms with E-state index in [0.717, 1.165) is 12.8 Å². The first kappa shape index (κ1) is 24.2. The third kappa shape index (κ3) is 18.9. The number of carbonyl (C=O) groups excluding carboxylic acids is 1. The van der Waals surface area contributed by atoms with Crippen molar-refractivity contribution in [2.24, 2.45) is 0 Å². The molecule has 0 aliphatic rings. The Balaban J connectivity index is 0. The Morgan fingerprint density at radius 3 is 2.78 bits per heavy atom. The minimum Gasteiger partial charge on any atom is -0.553 e. The normalized spacial score (nSPS) is 10.6. The van der Waals surface area contributed by atoms with Crippen molar-refractivity contribution in [3.8, 4) is 0 Å². The van der Waals surface area contributed by atoms with Crippen molar-refractivity contribution < 1.29 is 33.1 Å². The molecule has 0 amide bonds. The summed E-state index contributed by atoms with van der Waals surface area (Å²) in [6.45, 7) is 5.76. The van der Waals surface area contributed by atoms with Gasteiger partial charge in [-0.05, 0) is 10.3 Å². The monoisotopic (exact) mass is 326 g/mol. The van der Waals surface area contributed by atoms with E-state index in [9.17, 15) is 4.79 Å². The number of thiophene rings is 1. The Morgan fingerprint density at radius 2 is 2.22 bits per heavy atom. The minimum absolute atomic E-state index is 0. The van der Waals surface area contributed by atoms with Gasteiger partial charge in [-0.25, -0.2) is 7.11 Å². The minimum atomic E-state index is -0.290. The maximum atomic E-state index is 10.0. The van der Waals surface area contributed by atoms with Crippen LogP contribution in [0.5, 0.6) is 0 Å². The van der Waals surface area contributed by atoms with Crippen molar-refractivity contribution in [1.82, 2.24) is 0 Å². The maximum Gasteiger partial charge on any atom is 1.00 e. The van der Waals surface area contributed by atoms with E-state index in [1.54, 1.807) is 11.3 Å². The van der Waals surface area contributed by atoms with Crippen molar-refractivity contribution in [3.05, 3.63) is 66.8 Å². The Hall–Kier alpha value is -1.05. The molecule has 0 radical (unpaired) electrons. The van der Waals surface area contributed by atoms with Gasteiger partial charge in [0.05, 0.1) is 0 Å². The van der Waals surface area contributed by atoms with Gasteiger partial charge in [0, 0.05) is 13.5 Å². The molecule has 1 rings (SSSR count). The van der Waals surface area contributed by atoms with Crippen LogP contribution in [0.4, 0.5) is 0 Å². The van der Waals surface area contributed by atoms with Crippen LogP contribution >= 0.6 is 11.3 Å². The van der Waals surface area contributed by atoms with E-state index in [-0.39, 0.29) is 24.8 Å². The Kier molecular flexibility index (Phi) is 20.0. The zero-order valence-corrected chi connectivity index (χ0v) is 14.8. The molecular formula is C18H23LiO3S-2. The molecule has 0 bridgehead atoms. The number of hydrogen-bond donors (Lipinski definition) is 0. The first-order valence-electron chi connectivity index (χ1n) is 6.94. The van der Waals surface area contributed by atoms with Crippen LogP contribution in [0.3, 0.4) is 0 Å². The maximum absolute atomic E-state index is 10.0. The summed E-state index contributed by atoms with van der Waals surface area (Å²) >= 11 is 1.73. The van der Waals surface area contributed by atoms with E-state index in [4.69, 9.17) is 0 Å². The van der Waals surface area contributed by atoms with E-state index in [1.165, 1.54) is 11.8 Å². The molecule has 122 valence electrons. The summed E-state index contributed by atoms with van der Waals surface area (Å²) < 4.78 is 8.84. The molecule has 0 spiro atoms. The molecule has 0 unspecified atom stereocenters. The number of carbonyl (C=O) groups is 1. The van der Waals surface area contributed by atoms with Crippen LogP contribution in [0, 0.1) is 20.1 Å². The molecule has 0 N–H and O–H groups in total. The van der Waals surface area contributed by atoms with Crippen molar-refractivity contribution in [3.63, 3.8) is 0 Å². The molecular weight excluding hydrogens is 303 g/mol. The van der Waals surface area contributed by atoms with Crippen LogP contribution in [0.25, 0.3) is 6.08 Å². The summed E-state index contributed by atoms with van der Waals surface area (Å²) in [4.78, 5) is 11.3. The Bertz CT molecular complexity index is 451. The second-order valence-corrected chi connectivity index (χ2v) is 4.98. The number of unbranched alkanes of at least 4 members (excludes halogenated alkanes) is 1. The van der Waals surface area contributed by atoms with Gasteiger partial charge >= 0.3 is 24.8 Å². The molecule has 0 aromatic carbocycles. The van der Waals surface area contributed by atoms with E-state index in [2.05, 4.69) is 53.2 Å². The molecule has 0 saturated carbocycles. The number of ether oxygens (including phenoxy) is 2. The van der Waals surface area contributed by atoms with Crippen molar-refractivity contribution in [2.75, 3.05) is 13.2 Å². The van der Waals surface area contributed by atoms with E-state index in [1.807, 2.05) is 24.3 Å². The van der Waals surface area contributed by atoms with Gasteiger partial charge in [-0.1, -0.05) is 18.6 Å². The van der Waals surface area contributed by atoms with E-state index < -0.39 is 0 Å². The summed E-state index contributed by atoms with van der Waals surface area (Å²) in [5.41, 5.74) is 0. The zero-order valence-electron chi connectivity index (χ0n) is 14.0. The average molecular weight is 326 g/mol. The molecule has 0 fully saturated rings. The number of esters is 1. The molecule has 0 atom stereocenters. The Morgan fingerprint density at radius 1 is 1.43 bits per heavy atom. The summed E-state index contributed by atoms with van der Waals surface area (Å²) in [5, 5.41) is 2.07. The SMILES string of the molecule is [CH2-]CC/C=C/C=[C-]/C=C/c1cccs1.[CH2-]OCCOC(C)=O.[Li+]. The molecule has 23 heavy (non-hydrogen) atoms. The second-order valence-electron chi connectivity index (χ2n) is 4.00. The predicted octanol–water partition coefficient (Wildman–Crippen LogP) is 1.65. The van der Waals surface area contributed by atoms with Crippen LogP contribution in [-0.4, -0.2) is 19.2 Å². The number of rotatable bonds is 8. The number of hydrogen-bond acceptors (Lipinski definition) is 4. The van der Waals surface area contributed by atoms with Gasteiger partial charge in [-0.15, -0.1) is 12.2 Å². The quantitative estimate of drug-likeness (QED) is 0.240. The summed E-state index contributed by atoms with van der Waals surface area (Å²) in [6.07, 6.45) is 15.1. The topological polar surface area (TPSA) is 35.5 Å². The van der Waals surface area contributed by atoms with Crippen molar-refractivity contribution in [2.45, 2.75) is 19.8 Å². The van der Waals surface area contributed by atoms with Gasteiger partial charge in [0.2, 0.25) is 0 Å². The molecule has 1 aromatic rings. The standard InChI is InChI=1S/C13H14S.C5H9O3.Li/c1-2-3-4-5-6-7-8-10-13-11-9-12-14-13;1-5(6)8-4-3-7-2;/h4-6,8-12H,1-3H2;2-4H2,1H3;/q-2;-1;+1/b5-4+,10-8+;;. The fourth-order valence-corrected chi connectivity index (χ4v) is 1.77. The van der Waals surface area contributed by atoms with Gasteiger partial charge in [0.25, 0.3) is 0 Å². The third-order valence-corrected chi connectivity index (χ3v) is 2.96. The summed E-state index contributed by atoms with van der Waals surface area (Å²) in [5.74, 6) is -0.290. The largest absolute Gasteiger partial charge is 1.00 e. The van der Waals surface area contributed by atoms with E-state index >= 15 is 0 Å². The van der Waals surface area contributed by atoms with Gasteiger partial charge in [0.1, 0.15) is 6.61 Å². The molecule has 0 aliphatic carbocycles. The van der Waals surface area contributed by atoms with Crippen LogP contribution in [0.2, 0.25) is 0 Å². The first-order valence-corrected chi connectivity index (χ1v) is 7.82. The van der Waals surface area contributed by atoms with Gasteiger partial charge in [-0.2, -0.15) is 42.1 Å². The zero-order chi connectivity index (χ0) is 16.5. The Labute approximate surface area is 156 Å². The fourth-order valence-electron chi connectivity index (χ4n) is 1.15. The third-order valence-electron chi connectivity index (χ3n) is 2.12. The molecule has 0 aliphatic heterocycles. The first-order chi connectivity index (χ1) is 10.7. The van der Waals surface area contributed by atoms with Crippen LogP contribution < -0.4 is 18.9 Å². The smallest absolute Gasteiger partial charge is 0.553 e. The van der Waals surface area contributed by atoms with Crippen LogP contribution in [-0.2, 0) is 14.3 Å². The predicted molar refractivity (Wildman–Crippen MR) is 92.8 cm³/mol. The molecule has 1 heterocycles. The van der Waals surface area contributed by atoms with Gasteiger partial charge in [-0.3, -0.25) is 4.79 Å². The fraction of sp³-hybridized carbons (Fsp3) is 0.278. The van der Waals surface area contributed by atoms with Crippen molar-refractivity contribution in [1.29, 1.82) is 0 Å². The molecule has 1 aromatic heterocycles. The molecule has 3 nitrogen and oxygen atoms in total. The molecule has 5 heteroatoms. The second kappa shape index (κ2) is 19.0. The molecule has 0 saturated heterocycles. The van der Waals surface area contributed by atoms with Gasteiger partial charge in [0.15, 0.2) is 0 Å². The average Bonchev–Trinajstić information content (AvgIpc) is 3.00. The van der Waals surface area contributed by atoms with Crippen LogP contribution in [0.15, 0.2) is 41.8 Å². The van der Waals surface area contributed by atoms with Crippen molar-refractivity contribution >= 4 is 23.4 Å². The summed E-state index contributed by atoms with van der Waals surface area (Å²) in [6, 6.07) is 4.13.